The zero-order valence-corrected chi connectivity index (χ0v) is 19.2. The smallest absolute Gasteiger partial charge is 0.227 e. The summed E-state index contributed by atoms with van der Waals surface area (Å²) in [5, 5.41) is 1.30. The number of likely N-dealkylation sites (N-methyl/N-ethyl adjacent to an activating group) is 1. The molecule has 0 saturated carbocycles. The lowest BCUT2D eigenvalue weighted by Crippen LogP contribution is -2.46. The van der Waals surface area contributed by atoms with Crippen molar-refractivity contribution in [1.29, 1.82) is 0 Å². The van der Waals surface area contributed by atoms with Crippen molar-refractivity contribution in [2.75, 3.05) is 40.3 Å². The van der Waals surface area contributed by atoms with Crippen molar-refractivity contribution >= 4 is 29.1 Å². The summed E-state index contributed by atoms with van der Waals surface area (Å²) in [6, 6.07) is 6.00. The highest BCUT2D eigenvalue weighted by Gasteiger charge is 2.45. The molecule has 1 aromatic rings. The van der Waals surface area contributed by atoms with Gasteiger partial charge in [-0.25, -0.2) is 0 Å². The Bertz CT molecular complexity index is 716. The van der Waals surface area contributed by atoms with Crippen molar-refractivity contribution in [3.8, 4) is 0 Å². The van der Waals surface area contributed by atoms with Crippen molar-refractivity contribution in [1.82, 2.24) is 14.7 Å². The molecule has 0 unspecified atom stereocenters. The first-order valence-electron chi connectivity index (χ1n) is 10.2. The minimum absolute atomic E-state index is 0.0141. The van der Waals surface area contributed by atoms with Crippen molar-refractivity contribution in [2.45, 2.75) is 51.1 Å². The van der Waals surface area contributed by atoms with E-state index in [4.69, 9.17) is 23.2 Å². The van der Waals surface area contributed by atoms with Crippen molar-refractivity contribution in [2.24, 2.45) is 5.92 Å². The maximum absolute atomic E-state index is 13.7. The molecule has 28 heavy (non-hydrogen) atoms. The second kappa shape index (κ2) is 8.51. The Labute approximate surface area is 179 Å². The normalized spacial score (nSPS) is 26.4. The van der Waals surface area contributed by atoms with Crippen LogP contribution >= 0.6 is 23.2 Å². The molecule has 0 aliphatic carbocycles. The van der Waals surface area contributed by atoms with Crippen molar-refractivity contribution in [3.63, 3.8) is 0 Å². The molecule has 0 radical (unpaired) electrons. The van der Waals surface area contributed by atoms with Gasteiger partial charge in [-0.15, -0.1) is 0 Å². The Balaban J connectivity index is 1.90. The molecule has 2 heterocycles. The molecule has 1 amide bonds. The molecule has 2 saturated heterocycles. The Hall–Kier alpha value is -0.810. The van der Waals surface area contributed by atoms with Gasteiger partial charge in [0, 0.05) is 53.7 Å². The quantitative estimate of drug-likeness (QED) is 0.716. The average molecular weight is 426 g/mol. The molecule has 156 valence electrons. The monoisotopic (exact) mass is 425 g/mol. The summed E-state index contributed by atoms with van der Waals surface area (Å²) in [5.41, 5.74) is 1.06. The molecule has 2 aliphatic heterocycles. The highest BCUT2D eigenvalue weighted by Crippen LogP contribution is 2.41. The fourth-order valence-corrected chi connectivity index (χ4v) is 5.22. The Morgan fingerprint density at radius 3 is 2.54 bits per heavy atom. The van der Waals surface area contributed by atoms with Crippen LogP contribution in [0.1, 0.15) is 45.1 Å². The van der Waals surface area contributed by atoms with Crippen LogP contribution in [0, 0.1) is 5.92 Å². The lowest BCUT2D eigenvalue weighted by atomic mass is 9.87. The van der Waals surface area contributed by atoms with E-state index in [1.54, 1.807) is 6.07 Å². The third-order valence-corrected chi connectivity index (χ3v) is 6.75. The van der Waals surface area contributed by atoms with Gasteiger partial charge in [-0.3, -0.25) is 9.69 Å². The van der Waals surface area contributed by atoms with Gasteiger partial charge in [-0.2, -0.15) is 0 Å². The van der Waals surface area contributed by atoms with Crippen molar-refractivity contribution < 1.29 is 4.79 Å². The van der Waals surface area contributed by atoms with E-state index in [1.165, 1.54) is 0 Å². The van der Waals surface area contributed by atoms with E-state index in [-0.39, 0.29) is 23.3 Å². The van der Waals surface area contributed by atoms with Crippen LogP contribution in [-0.4, -0.2) is 72.5 Å². The molecule has 6 heteroatoms. The average Bonchev–Trinajstić information content (AvgIpc) is 3.20. The first-order chi connectivity index (χ1) is 13.1. The predicted octanol–water partition coefficient (Wildman–Crippen LogP) is 4.36. The largest absolute Gasteiger partial charge is 0.338 e. The highest BCUT2D eigenvalue weighted by molar-refractivity contribution is 6.35. The summed E-state index contributed by atoms with van der Waals surface area (Å²) in [6.45, 7) is 10.0. The summed E-state index contributed by atoms with van der Waals surface area (Å²) in [5.74, 6) is 0.310. The van der Waals surface area contributed by atoms with E-state index < -0.39 is 0 Å². The fourth-order valence-electron chi connectivity index (χ4n) is 4.67. The number of hydrogen-bond donors (Lipinski definition) is 0. The molecule has 0 aromatic heterocycles. The molecule has 2 fully saturated rings. The number of carbonyl (C=O) groups excluding carboxylic acids is 1. The van der Waals surface area contributed by atoms with Crippen LogP contribution in [-0.2, 0) is 4.79 Å². The third-order valence-electron chi connectivity index (χ3n) is 6.18. The van der Waals surface area contributed by atoms with Crippen LogP contribution in [0.5, 0.6) is 0 Å². The van der Waals surface area contributed by atoms with Gasteiger partial charge in [0.2, 0.25) is 5.91 Å². The maximum atomic E-state index is 13.7. The van der Waals surface area contributed by atoms with Crippen LogP contribution in [0.3, 0.4) is 0 Å². The van der Waals surface area contributed by atoms with Crippen LogP contribution in [0.2, 0.25) is 10.0 Å². The Kier molecular flexibility index (Phi) is 6.65. The van der Waals surface area contributed by atoms with E-state index in [2.05, 4.69) is 49.6 Å². The van der Waals surface area contributed by atoms with E-state index in [0.29, 0.717) is 16.1 Å². The van der Waals surface area contributed by atoms with Gasteiger partial charge in [0.05, 0.1) is 5.92 Å². The highest BCUT2D eigenvalue weighted by atomic mass is 35.5. The molecule has 0 bridgehead atoms. The third kappa shape index (κ3) is 4.67. The summed E-state index contributed by atoms with van der Waals surface area (Å²) in [4.78, 5) is 20.4. The SMILES string of the molecule is CN(C)C[C@@H]1CCCN1C(=O)[C@@H]1CN(C(C)(C)C)C[C@H]1c1ccc(Cl)cc1Cl. The number of halogens is 2. The van der Waals surface area contributed by atoms with Crippen LogP contribution < -0.4 is 0 Å². The number of hydrogen-bond acceptors (Lipinski definition) is 3. The van der Waals surface area contributed by atoms with Gasteiger partial charge in [-0.05, 0) is 65.4 Å². The number of carbonyl (C=O) groups is 1. The molecule has 4 nitrogen and oxygen atoms in total. The topological polar surface area (TPSA) is 26.8 Å². The Morgan fingerprint density at radius 1 is 1.21 bits per heavy atom. The fraction of sp³-hybridized carbons (Fsp3) is 0.682. The number of benzene rings is 1. The summed E-state index contributed by atoms with van der Waals surface area (Å²) >= 11 is 12.7. The predicted molar refractivity (Wildman–Crippen MR) is 117 cm³/mol. The molecule has 1 aromatic carbocycles. The lowest BCUT2D eigenvalue weighted by molar-refractivity contribution is -0.136. The standard InChI is InChI=1S/C22H33Cl2N3O/c1-22(2,3)26-13-18(17-9-8-15(23)11-20(17)24)19(14-26)21(28)27-10-6-7-16(27)12-25(4)5/h8-9,11,16,18-19H,6-7,10,12-14H2,1-5H3/t16-,18-,19+/m0/s1. The van der Waals surface area contributed by atoms with Gasteiger partial charge in [-0.1, -0.05) is 29.3 Å². The molecule has 2 aliphatic rings. The maximum Gasteiger partial charge on any atom is 0.227 e. The van der Waals surface area contributed by atoms with E-state index >= 15 is 0 Å². The molecular weight excluding hydrogens is 393 g/mol. The van der Waals surface area contributed by atoms with Crippen LogP contribution in [0.25, 0.3) is 0 Å². The molecule has 0 N–H and O–H groups in total. The summed E-state index contributed by atoms with van der Waals surface area (Å²) in [6.07, 6.45) is 2.18. The lowest BCUT2D eigenvalue weighted by Gasteiger charge is -2.32. The van der Waals surface area contributed by atoms with Crippen LogP contribution in [0.4, 0.5) is 0 Å². The molecular formula is C22H33Cl2N3O. The van der Waals surface area contributed by atoms with Gasteiger partial charge < -0.3 is 9.80 Å². The van der Waals surface area contributed by atoms with E-state index in [1.807, 2.05) is 12.1 Å². The summed E-state index contributed by atoms with van der Waals surface area (Å²) in [7, 11) is 4.16. The number of rotatable bonds is 4. The number of amides is 1. The minimum atomic E-state index is -0.0688. The zero-order valence-electron chi connectivity index (χ0n) is 17.7. The summed E-state index contributed by atoms with van der Waals surface area (Å²) < 4.78 is 0. The van der Waals surface area contributed by atoms with E-state index in [9.17, 15) is 4.79 Å². The van der Waals surface area contributed by atoms with Gasteiger partial charge in [0.25, 0.3) is 0 Å². The number of nitrogens with zero attached hydrogens (tertiary/aromatic N) is 3. The zero-order chi connectivity index (χ0) is 20.6. The first kappa shape index (κ1) is 21.9. The molecule has 3 rings (SSSR count). The molecule has 0 spiro atoms. The van der Waals surface area contributed by atoms with Gasteiger partial charge >= 0.3 is 0 Å². The number of likely N-dealkylation sites (tertiary alicyclic amines) is 2. The Morgan fingerprint density at radius 2 is 1.93 bits per heavy atom. The van der Waals surface area contributed by atoms with Crippen molar-refractivity contribution in [3.05, 3.63) is 33.8 Å². The van der Waals surface area contributed by atoms with Crippen LogP contribution in [0.15, 0.2) is 18.2 Å². The second-order valence-corrected chi connectivity index (χ2v) is 10.4. The molecule has 3 atom stereocenters. The van der Waals surface area contributed by atoms with Gasteiger partial charge in [0.1, 0.15) is 0 Å². The minimum Gasteiger partial charge on any atom is -0.338 e. The van der Waals surface area contributed by atoms with E-state index in [0.717, 1.165) is 44.6 Å². The first-order valence-corrected chi connectivity index (χ1v) is 11.0. The second-order valence-electron chi connectivity index (χ2n) is 9.54. The van der Waals surface area contributed by atoms with Gasteiger partial charge in [0.15, 0.2) is 0 Å².